The first kappa shape index (κ1) is 16.7. The molecule has 1 fully saturated rings. The number of ether oxygens (including phenoxy) is 1. The second kappa shape index (κ2) is 6.23. The maximum Gasteiger partial charge on any atom is 0.123 e. The van der Waals surface area contributed by atoms with Gasteiger partial charge in [0, 0.05) is 12.1 Å². The molecule has 1 aliphatic rings. The fourth-order valence-electron chi connectivity index (χ4n) is 3.40. The molecule has 21 heavy (non-hydrogen) atoms. The highest BCUT2D eigenvalue weighted by Gasteiger charge is 2.45. The van der Waals surface area contributed by atoms with Crippen molar-refractivity contribution in [3.8, 4) is 0 Å². The van der Waals surface area contributed by atoms with Crippen molar-refractivity contribution in [3.63, 3.8) is 0 Å². The van der Waals surface area contributed by atoms with Gasteiger partial charge in [-0.1, -0.05) is 25.4 Å². The van der Waals surface area contributed by atoms with Crippen molar-refractivity contribution >= 4 is 11.6 Å². The number of hydrogen-bond donors (Lipinski definition) is 1. The summed E-state index contributed by atoms with van der Waals surface area (Å²) in [4.78, 5) is 0. The summed E-state index contributed by atoms with van der Waals surface area (Å²) >= 11 is 6.30. The summed E-state index contributed by atoms with van der Waals surface area (Å²) in [6.07, 6.45) is 4.06. The Kier molecular flexibility index (Phi) is 4.96. The molecule has 118 valence electrons. The minimum Gasteiger partial charge on any atom is -0.376 e. The first-order valence-corrected chi connectivity index (χ1v) is 7.89. The molecule has 1 N–H and O–H groups in total. The van der Waals surface area contributed by atoms with Crippen LogP contribution >= 0.6 is 11.6 Å². The molecule has 2 nitrogen and oxygen atoms in total. The highest BCUT2D eigenvalue weighted by molar-refractivity contribution is 6.31. The van der Waals surface area contributed by atoms with Crippen molar-refractivity contribution < 1.29 is 9.13 Å². The van der Waals surface area contributed by atoms with Gasteiger partial charge < -0.3 is 10.1 Å². The molecule has 1 aromatic rings. The summed E-state index contributed by atoms with van der Waals surface area (Å²) < 4.78 is 19.6. The van der Waals surface area contributed by atoms with Crippen molar-refractivity contribution in [2.45, 2.75) is 51.2 Å². The molecule has 1 atom stereocenters. The Balaban J connectivity index is 2.36. The summed E-state index contributed by atoms with van der Waals surface area (Å²) in [5.74, 6) is -0.267. The minimum absolute atomic E-state index is 0.109. The van der Waals surface area contributed by atoms with Crippen LogP contribution in [0.2, 0.25) is 5.02 Å². The predicted molar refractivity (Wildman–Crippen MR) is 85.2 cm³/mol. The van der Waals surface area contributed by atoms with Gasteiger partial charge in [0.2, 0.25) is 0 Å². The van der Waals surface area contributed by atoms with E-state index in [4.69, 9.17) is 16.3 Å². The van der Waals surface area contributed by atoms with Crippen LogP contribution in [0.25, 0.3) is 0 Å². The Labute approximate surface area is 132 Å². The second-order valence-corrected chi connectivity index (χ2v) is 7.23. The van der Waals surface area contributed by atoms with E-state index in [2.05, 4.69) is 19.2 Å². The second-order valence-electron chi connectivity index (χ2n) is 6.82. The van der Waals surface area contributed by atoms with Crippen molar-refractivity contribution in [3.05, 3.63) is 34.6 Å². The van der Waals surface area contributed by atoms with E-state index in [1.54, 1.807) is 13.2 Å². The van der Waals surface area contributed by atoms with Gasteiger partial charge in [-0.25, -0.2) is 4.39 Å². The lowest BCUT2D eigenvalue weighted by atomic mass is 9.67. The van der Waals surface area contributed by atoms with Crippen LogP contribution in [0.15, 0.2) is 18.2 Å². The molecule has 0 amide bonds. The van der Waals surface area contributed by atoms with Gasteiger partial charge in [-0.3, -0.25) is 0 Å². The molecule has 1 saturated carbocycles. The zero-order valence-corrected chi connectivity index (χ0v) is 14.1. The molecule has 0 spiro atoms. The standard InChI is InChI=1S/C17H25ClFNO/c1-16(2)7-9-17(21-4,10-8-16)15(20-3)13-11-12(19)5-6-14(13)18/h5-6,11,15,20H,7-10H2,1-4H3. The van der Waals surface area contributed by atoms with Gasteiger partial charge in [0.15, 0.2) is 0 Å². The first-order valence-electron chi connectivity index (χ1n) is 7.51. The van der Waals surface area contributed by atoms with Crippen LogP contribution in [0.5, 0.6) is 0 Å². The van der Waals surface area contributed by atoms with Crippen molar-refractivity contribution in [1.29, 1.82) is 0 Å². The highest BCUT2D eigenvalue weighted by atomic mass is 35.5. The Morgan fingerprint density at radius 2 is 1.86 bits per heavy atom. The molecule has 0 heterocycles. The molecular formula is C17H25ClFNO. The van der Waals surface area contributed by atoms with Crippen LogP contribution in [0.1, 0.15) is 51.1 Å². The number of nitrogens with one attached hydrogen (secondary N) is 1. The van der Waals surface area contributed by atoms with Gasteiger partial charge in [-0.2, -0.15) is 0 Å². The van der Waals surface area contributed by atoms with Crippen LogP contribution < -0.4 is 5.32 Å². The molecule has 0 radical (unpaired) electrons. The number of benzene rings is 1. The predicted octanol–water partition coefficient (Wildman–Crippen LogP) is 4.73. The first-order chi connectivity index (χ1) is 9.83. The molecular weight excluding hydrogens is 289 g/mol. The van der Waals surface area contributed by atoms with Crippen molar-refractivity contribution in [2.24, 2.45) is 5.41 Å². The minimum atomic E-state index is -0.332. The van der Waals surface area contributed by atoms with E-state index in [0.29, 0.717) is 10.4 Å². The monoisotopic (exact) mass is 313 g/mol. The zero-order chi connectivity index (χ0) is 15.7. The maximum absolute atomic E-state index is 13.6. The fourth-order valence-corrected chi connectivity index (χ4v) is 3.63. The fraction of sp³-hybridized carbons (Fsp3) is 0.647. The average Bonchev–Trinajstić information content (AvgIpc) is 2.45. The van der Waals surface area contributed by atoms with Gasteiger partial charge in [0.25, 0.3) is 0 Å². The summed E-state index contributed by atoms with van der Waals surface area (Å²) in [5, 5.41) is 3.88. The van der Waals surface area contributed by atoms with E-state index in [1.807, 2.05) is 7.05 Å². The molecule has 1 unspecified atom stereocenters. The lowest BCUT2D eigenvalue weighted by Gasteiger charge is -2.47. The van der Waals surface area contributed by atoms with Crippen molar-refractivity contribution in [2.75, 3.05) is 14.2 Å². The smallest absolute Gasteiger partial charge is 0.123 e. The Morgan fingerprint density at radius 3 is 2.38 bits per heavy atom. The SMILES string of the molecule is CNC(c1cc(F)ccc1Cl)C1(OC)CCC(C)(C)CC1. The van der Waals surface area contributed by atoms with Gasteiger partial charge in [-0.15, -0.1) is 0 Å². The maximum atomic E-state index is 13.6. The van der Waals surface area contributed by atoms with Gasteiger partial charge in [0.05, 0.1) is 11.6 Å². The van der Waals surface area contributed by atoms with Crippen LogP contribution in [0, 0.1) is 11.2 Å². The molecule has 1 aromatic carbocycles. The number of hydrogen-bond acceptors (Lipinski definition) is 2. The van der Waals surface area contributed by atoms with Gasteiger partial charge >= 0.3 is 0 Å². The Bertz CT molecular complexity index is 494. The summed E-state index contributed by atoms with van der Waals surface area (Å²) in [6.45, 7) is 4.58. The van der Waals surface area contributed by atoms with Crippen LogP contribution in [0.3, 0.4) is 0 Å². The largest absolute Gasteiger partial charge is 0.376 e. The van der Waals surface area contributed by atoms with E-state index < -0.39 is 0 Å². The molecule has 2 rings (SSSR count). The molecule has 4 heteroatoms. The number of likely N-dealkylation sites (N-methyl/N-ethyl adjacent to an activating group) is 1. The van der Waals surface area contributed by atoms with Crippen LogP contribution in [-0.2, 0) is 4.74 Å². The lowest BCUT2D eigenvalue weighted by molar-refractivity contribution is -0.0862. The van der Waals surface area contributed by atoms with Crippen LogP contribution in [0.4, 0.5) is 4.39 Å². The van der Waals surface area contributed by atoms with Gasteiger partial charge in [0.1, 0.15) is 5.82 Å². The van der Waals surface area contributed by atoms with E-state index in [0.717, 1.165) is 31.2 Å². The summed E-state index contributed by atoms with van der Waals surface area (Å²) in [5.41, 5.74) is 0.786. The molecule has 0 aromatic heterocycles. The Morgan fingerprint density at radius 1 is 1.24 bits per heavy atom. The number of methoxy groups -OCH3 is 1. The molecule has 0 saturated heterocycles. The average molecular weight is 314 g/mol. The lowest BCUT2D eigenvalue weighted by Crippen LogP contribution is -2.48. The van der Waals surface area contributed by atoms with Gasteiger partial charge in [-0.05, 0) is 61.9 Å². The third-order valence-electron chi connectivity index (χ3n) is 4.94. The molecule has 1 aliphatic carbocycles. The number of rotatable bonds is 4. The quantitative estimate of drug-likeness (QED) is 0.868. The Hall–Kier alpha value is -0.640. The number of halogens is 2. The van der Waals surface area contributed by atoms with E-state index in [1.165, 1.54) is 12.1 Å². The molecule has 0 aliphatic heterocycles. The topological polar surface area (TPSA) is 21.3 Å². The zero-order valence-electron chi connectivity index (χ0n) is 13.3. The third-order valence-corrected chi connectivity index (χ3v) is 5.28. The molecule has 0 bridgehead atoms. The van der Waals surface area contributed by atoms with E-state index in [-0.39, 0.29) is 17.5 Å². The van der Waals surface area contributed by atoms with E-state index in [9.17, 15) is 4.39 Å². The summed E-state index contributed by atoms with van der Waals surface area (Å²) in [6, 6.07) is 4.42. The normalized spacial score (nSPS) is 22.0. The van der Waals surface area contributed by atoms with E-state index >= 15 is 0 Å². The van der Waals surface area contributed by atoms with Crippen molar-refractivity contribution in [1.82, 2.24) is 5.32 Å². The third kappa shape index (κ3) is 3.41. The van der Waals surface area contributed by atoms with Crippen LogP contribution in [-0.4, -0.2) is 19.8 Å². The summed E-state index contributed by atoms with van der Waals surface area (Å²) in [7, 11) is 3.63. The highest BCUT2D eigenvalue weighted by Crippen LogP contribution is 2.48.